The molecule has 1 atom stereocenters. The zero-order valence-corrected chi connectivity index (χ0v) is 12.3. The fraction of sp³-hybridized carbons (Fsp3) is 0.533. The van der Waals surface area contributed by atoms with Gasteiger partial charge in [0, 0.05) is 26.7 Å². The summed E-state index contributed by atoms with van der Waals surface area (Å²) in [5, 5.41) is 0. The molecule has 7 heteroatoms. The molecular weight excluding hydrogens is 297 g/mol. The van der Waals surface area contributed by atoms with Crippen molar-refractivity contribution in [2.75, 3.05) is 26.7 Å². The Hall–Kier alpha value is -1.60. The zero-order chi connectivity index (χ0) is 16.1. The summed E-state index contributed by atoms with van der Waals surface area (Å²) in [6, 6.07) is 5.95. The van der Waals surface area contributed by atoms with E-state index in [1.807, 2.05) is 0 Å². The summed E-state index contributed by atoms with van der Waals surface area (Å²) in [5.41, 5.74) is 0.831. The van der Waals surface area contributed by atoms with Gasteiger partial charge in [-0.05, 0) is 24.1 Å². The van der Waals surface area contributed by atoms with Gasteiger partial charge in [-0.25, -0.2) is 4.39 Å². The van der Waals surface area contributed by atoms with Gasteiger partial charge in [0.05, 0.1) is 12.6 Å². The monoisotopic (exact) mass is 316 g/mol. The number of alkyl halides is 2. The first-order valence-electron chi connectivity index (χ1n) is 7.08. The van der Waals surface area contributed by atoms with E-state index < -0.39 is 12.7 Å². The Labute approximate surface area is 127 Å². The Morgan fingerprint density at radius 3 is 2.73 bits per heavy atom. The summed E-state index contributed by atoms with van der Waals surface area (Å²) in [4.78, 5) is 15.5. The third kappa shape index (κ3) is 4.99. The van der Waals surface area contributed by atoms with Crippen LogP contribution in [-0.4, -0.2) is 55.1 Å². The van der Waals surface area contributed by atoms with Crippen LogP contribution < -0.4 is 0 Å². The van der Waals surface area contributed by atoms with Crippen molar-refractivity contribution in [3.63, 3.8) is 0 Å². The molecule has 0 N–H and O–H groups in total. The van der Waals surface area contributed by atoms with Gasteiger partial charge in [0.25, 0.3) is 0 Å². The van der Waals surface area contributed by atoms with Gasteiger partial charge in [-0.2, -0.15) is 8.78 Å². The minimum Gasteiger partial charge on any atom is -0.340 e. The van der Waals surface area contributed by atoms with E-state index in [1.165, 1.54) is 17.0 Å². The van der Waals surface area contributed by atoms with Crippen LogP contribution in [-0.2, 0) is 16.1 Å². The summed E-state index contributed by atoms with van der Waals surface area (Å²) in [6.45, 7) is -1.33. The first-order valence-corrected chi connectivity index (χ1v) is 7.08. The zero-order valence-electron chi connectivity index (χ0n) is 12.3. The molecule has 0 bridgehead atoms. The number of nitrogens with zero attached hydrogens (tertiary/aromatic N) is 2. The summed E-state index contributed by atoms with van der Waals surface area (Å²) in [6.07, 6.45) is -0.0190. The van der Waals surface area contributed by atoms with E-state index in [-0.39, 0.29) is 18.3 Å². The molecule has 1 aliphatic heterocycles. The molecule has 0 unspecified atom stereocenters. The maximum Gasteiger partial charge on any atom is 0.345 e. The topological polar surface area (TPSA) is 32.8 Å². The Bertz CT molecular complexity index is 496. The lowest BCUT2D eigenvalue weighted by atomic mass is 10.2. The van der Waals surface area contributed by atoms with E-state index in [1.54, 1.807) is 24.1 Å². The molecule has 1 heterocycles. The molecule has 122 valence electrons. The van der Waals surface area contributed by atoms with Crippen molar-refractivity contribution in [2.24, 2.45) is 0 Å². The van der Waals surface area contributed by atoms with E-state index in [9.17, 15) is 18.0 Å². The fourth-order valence-corrected chi connectivity index (χ4v) is 2.46. The van der Waals surface area contributed by atoms with Crippen LogP contribution in [0.3, 0.4) is 0 Å². The molecule has 0 aromatic heterocycles. The highest BCUT2D eigenvalue weighted by Crippen LogP contribution is 2.15. The van der Waals surface area contributed by atoms with Crippen molar-refractivity contribution in [1.82, 2.24) is 9.80 Å². The van der Waals surface area contributed by atoms with Crippen LogP contribution in [0.15, 0.2) is 24.3 Å². The van der Waals surface area contributed by atoms with Gasteiger partial charge in [-0.3, -0.25) is 9.69 Å². The molecule has 0 aliphatic carbocycles. The molecule has 1 fully saturated rings. The predicted molar refractivity (Wildman–Crippen MR) is 74.8 cm³/mol. The number of hydrogen-bond acceptors (Lipinski definition) is 3. The van der Waals surface area contributed by atoms with Crippen LogP contribution in [0.1, 0.15) is 12.0 Å². The van der Waals surface area contributed by atoms with E-state index >= 15 is 0 Å². The number of rotatable bonds is 6. The number of halogens is 3. The number of ether oxygens (including phenoxy) is 1. The van der Waals surface area contributed by atoms with Gasteiger partial charge < -0.3 is 9.64 Å². The van der Waals surface area contributed by atoms with Crippen molar-refractivity contribution in [1.29, 1.82) is 0 Å². The van der Waals surface area contributed by atoms with Crippen molar-refractivity contribution < 1.29 is 22.7 Å². The number of benzene rings is 1. The highest BCUT2D eigenvalue weighted by molar-refractivity contribution is 5.78. The largest absolute Gasteiger partial charge is 0.345 e. The van der Waals surface area contributed by atoms with Crippen LogP contribution in [0.25, 0.3) is 0 Å². The highest BCUT2D eigenvalue weighted by atomic mass is 19.3. The van der Waals surface area contributed by atoms with E-state index in [4.69, 9.17) is 0 Å². The molecule has 1 saturated heterocycles. The SMILES string of the molecule is CN(Cc1ccc(F)cc1)C(=O)CN1CC[C@H](OC(F)F)C1. The number of carbonyl (C=O) groups is 1. The predicted octanol–water partition coefficient (Wildman–Crippen LogP) is 2.10. The Morgan fingerprint density at radius 1 is 1.41 bits per heavy atom. The van der Waals surface area contributed by atoms with Crippen LogP contribution in [0.5, 0.6) is 0 Å². The highest BCUT2D eigenvalue weighted by Gasteiger charge is 2.27. The third-order valence-electron chi connectivity index (χ3n) is 3.64. The first kappa shape index (κ1) is 16.8. The molecule has 1 aliphatic rings. The van der Waals surface area contributed by atoms with Crippen molar-refractivity contribution >= 4 is 5.91 Å². The van der Waals surface area contributed by atoms with Gasteiger partial charge in [-0.15, -0.1) is 0 Å². The maximum absolute atomic E-state index is 12.8. The molecule has 1 aromatic carbocycles. The van der Waals surface area contributed by atoms with Crippen molar-refractivity contribution in [3.8, 4) is 0 Å². The van der Waals surface area contributed by atoms with Gasteiger partial charge in [0.2, 0.25) is 5.91 Å². The lowest BCUT2D eigenvalue weighted by molar-refractivity contribution is -0.158. The number of carbonyl (C=O) groups excluding carboxylic acids is 1. The Morgan fingerprint density at radius 2 is 2.09 bits per heavy atom. The third-order valence-corrected chi connectivity index (χ3v) is 3.64. The molecule has 22 heavy (non-hydrogen) atoms. The molecule has 1 amide bonds. The average Bonchev–Trinajstić information content (AvgIpc) is 2.87. The summed E-state index contributed by atoms with van der Waals surface area (Å²) in [7, 11) is 1.66. The molecule has 0 spiro atoms. The second-order valence-electron chi connectivity index (χ2n) is 5.42. The van der Waals surface area contributed by atoms with E-state index in [2.05, 4.69) is 4.74 Å². The van der Waals surface area contributed by atoms with Gasteiger partial charge in [0.1, 0.15) is 5.82 Å². The summed E-state index contributed by atoms with van der Waals surface area (Å²) < 4.78 is 41.5. The minimum absolute atomic E-state index is 0.109. The normalized spacial score (nSPS) is 18.9. The van der Waals surface area contributed by atoms with Crippen molar-refractivity contribution in [3.05, 3.63) is 35.6 Å². The number of amides is 1. The molecule has 4 nitrogen and oxygen atoms in total. The fourth-order valence-electron chi connectivity index (χ4n) is 2.46. The molecule has 2 rings (SSSR count). The second-order valence-corrected chi connectivity index (χ2v) is 5.42. The molecular formula is C15H19F3N2O2. The lowest BCUT2D eigenvalue weighted by Gasteiger charge is -2.21. The Balaban J connectivity index is 1.78. The standard InChI is InChI=1S/C15H19F3N2O2/c1-19(8-11-2-4-12(16)5-3-11)14(21)10-20-7-6-13(9-20)22-15(17)18/h2-5,13,15H,6-10H2,1H3/t13-/m0/s1. The number of likely N-dealkylation sites (tertiary alicyclic amines) is 1. The summed E-state index contributed by atoms with van der Waals surface area (Å²) in [5.74, 6) is -0.429. The summed E-state index contributed by atoms with van der Waals surface area (Å²) >= 11 is 0. The van der Waals surface area contributed by atoms with Crippen LogP contribution in [0.4, 0.5) is 13.2 Å². The molecule has 0 saturated carbocycles. The molecule has 0 radical (unpaired) electrons. The number of hydrogen-bond donors (Lipinski definition) is 0. The molecule has 1 aromatic rings. The van der Waals surface area contributed by atoms with E-state index in [0.29, 0.717) is 26.1 Å². The van der Waals surface area contributed by atoms with Crippen LogP contribution in [0.2, 0.25) is 0 Å². The average molecular weight is 316 g/mol. The van der Waals surface area contributed by atoms with Crippen LogP contribution in [0, 0.1) is 5.82 Å². The second kappa shape index (κ2) is 7.60. The maximum atomic E-state index is 12.8. The van der Waals surface area contributed by atoms with Crippen LogP contribution >= 0.6 is 0 Å². The van der Waals surface area contributed by atoms with Gasteiger partial charge in [-0.1, -0.05) is 12.1 Å². The minimum atomic E-state index is -2.78. The number of likely N-dealkylation sites (N-methyl/N-ethyl adjacent to an activating group) is 1. The van der Waals surface area contributed by atoms with Gasteiger partial charge in [0.15, 0.2) is 0 Å². The lowest BCUT2D eigenvalue weighted by Crippen LogP contribution is -2.37. The quantitative estimate of drug-likeness (QED) is 0.806. The first-order chi connectivity index (χ1) is 10.4. The van der Waals surface area contributed by atoms with Crippen molar-refractivity contribution in [2.45, 2.75) is 25.7 Å². The van der Waals surface area contributed by atoms with E-state index in [0.717, 1.165) is 5.56 Å². The Kier molecular flexibility index (Phi) is 5.79. The van der Waals surface area contributed by atoms with Gasteiger partial charge >= 0.3 is 6.61 Å². The smallest absolute Gasteiger partial charge is 0.340 e.